The Balaban J connectivity index is 2.00. The first-order valence-electron chi connectivity index (χ1n) is 7.06. The molecular weight excluding hydrogens is 298 g/mol. The van der Waals surface area contributed by atoms with Crippen LogP contribution < -0.4 is 10.9 Å². The van der Waals surface area contributed by atoms with Crippen LogP contribution in [0.5, 0.6) is 0 Å². The summed E-state index contributed by atoms with van der Waals surface area (Å²) in [5.41, 5.74) is 0.624. The van der Waals surface area contributed by atoms with Gasteiger partial charge in [0.15, 0.2) is 0 Å². The van der Waals surface area contributed by atoms with Crippen molar-refractivity contribution in [2.45, 2.75) is 6.42 Å². The number of aryl methyl sites for hydroxylation is 1. The van der Waals surface area contributed by atoms with E-state index in [1.54, 1.807) is 0 Å². The number of nitrogens with one attached hydrogen (secondary N) is 1. The second kappa shape index (κ2) is 7.35. The van der Waals surface area contributed by atoms with Gasteiger partial charge >= 0.3 is 5.97 Å². The molecule has 0 radical (unpaired) electrons. The summed E-state index contributed by atoms with van der Waals surface area (Å²) in [6.45, 7) is -0.0203. The van der Waals surface area contributed by atoms with Crippen molar-refractivity contribution in [2.24, 2.45) is 13.0 Å². The molecule has 1 aromatic carbocycles. The highest BCUT2D eigenvalue weighted by Crippen LogP contribution is 2.08. The number of rotatable bonds is 6. The van der Waals surface area contributed by atoms with Gasteiger partial charge in [-0.3, -0.25) is 14.4 Å². The molecule has 2 rings (SSSR count). The molecule has 2 aromatic rings. The summed E-state index contributed by atoms with van der Waals surface area (Å²) in [5.74, 6) is -2.24. The number of carbonyl (C=O) groups excluding carboxylic acids is 1. The monoisotopic (exact) mass is 315 g/mol. The minimum absolute atomic E-state index is 0.0203. The quantitative estimate of drug-likeness (QED) is 0.806. The van der Waals surface area contributed by atoms with E-state index >= 15 is 0 Å². The zero-order chi connectivity index (χ0) is 16.8. The van der Waals surface area contributed by atoms with Crippen LogP contribution in [0.2, 0.25) is 0 Å². The first kappa shape index (κ1) is 16.4. The van der Waals surface area contributed by atoms with Crippen LogP contribution in [0.3, 0.4) is 0 Å². The normalized spacial score (nSPS) is 11.7. The van der Waals surface area contributed by atoms with Crippen molar-refractivity contribution in [3.63, 3.8) is 0 Å². The highest BCUT2D eigenvalue weighted by atomic mass is 16.4. The van der Waals surface area contributed by atoms with Gasteiger partial charge in [-0.25, -0.2) is 4.68 Å². The summed E-state index contributed by atoms with van der Waals surface area (Å²) in [6, 6.07) is 11.7. The number of carbonyl (C=O) groups is 2. The van der Waals surface area contributed by atoms with Crippen molar-refractivity contribution in [1.29, 1.82) is 0 Å². The van der Waals surface area contributed by atoms with E-state index in [1.165, 1.54) is 19.2 Å². The van der Waals surface area contributed by atoms with Crippen LogP contribution in [0.15, 0.2) is 47.3 Å². The van der Waals surface area contributed by atoms with Crippen molar-refractivity contribution in [2.75, 3.05) is 6.54 Å². The van der Waals surface area contributed by atoms with E-state index in [1.807, 2.05) is 30.3 Å². The molecule has 1 heterocycles. The third-order valence-electron chi connectivity index (χ3n) is 3.38. The van der Waals surface area contributed by atoms with Crippen LogP contribution in [-0.2, 0) is 18.3 Å². The number of carboxylic acids is 1. The van der Waals surface area contributed by atoms with E-state index in [-0.39, 0.29) is 17.8 Å². The fraction of sp³-hybridized carbons (Fsp3) is 0.250. The Morgan fingerprint density at radius 1 is 1.22 bits per heavy atom. The fourth-order valence-corrected chi connectivity index (χ4v) is 2.08. The van der Waals surface area contributed by atoms with Crippen molar-refractivity contribution in [3.05, 3.63) is 64.1 Å². The van der Waals surface area contributed by atoms with Crippen LogP contribution in [-0.4, -0.2) is 33.3 Å². The number of hydrogen-bond acceptors (Lipinski definition) is 4. The van der Waals surface area contributed by atoms with Gasteiger partial charge in [-0.1, -0.05) is 30.3 Å². The number of carboxylic acid groups (broad SMARTS) is 1. The SMILES string of the molecule is Cn1nc(C(=O)NCC(Cc2ccccc2)C(=O)O)ccc1=O. The Morgan fingerprint density at radius 3 is 2.52 bits per heavy atom. The molecule has 120 valence electrons. The van der Waals surface area contributed by atoms with Crippen LogP contribution in [0.4, 0.5) is 0 Å². The third-order valence-corrected chi connectivity index (χ3v) is 3.38. The Kier molecular flexibility index (Phi) is 5.24. The van der Waals surface area contributed by atoms with E-state index in [9.17, 15) is 19.5 Å². The van der Waals surface area contributed by atoms with Gasteiger partial charge in [-0.2, -0.15) is 5.10 Å². The van der Waals surface area contributed by atoms with E-state index in [4.69, 9.17) is 0 Å². The molecule has 0 aliphatic carbocycles. The molecule has 2 N–H and O–H groups in total. The van der Waals surface area contributed by atoms with Gasteiger partial charge in [-0.05, 0) is 18.1 Å². The lowest BCUT2D eigenvalue weighted by Crippen LogP contribution is -2.35. The molecule has 0 saturated heterocycles. The molecule has 1 amide bonds. The molecule has 1 aromatic heterocycles. The van der Waals surface area contributed by atoms with Crippen LogP contribution >= 0.6 is 0 Å². The smallest absolute Gasteiger partial charge is 0.308 e. The Morgan fingerprint density at radius 2 is 1.91 bits per heavy atom. The molecule has 7 heteroatoms. The highest BCUT2D eigenvalue weighted by molar-refractivity contribution is 5.92. The summed E-state index contributed by atoms with van der Waals surface area (Å²) in [7, 11) is 1.44. The van der Waals surface area contributed by atoms with Gasteiger partial charge in [0.2, 0.25) is 0 Å². The van der Waals surface area contributed by atoms with E-state index in [0.717, 1.165) is 10.2 Å². The lowest BCUT2D eigenvalue weighted by molar-refractivity contribution is -0.141. The van der Waals surface area contributed by atoms with E-state index in [0.29, 0.717) is 6.42 Å². The second-order valence-corrected chi connectivity index (χ2v) is 5.12. The zero-order valence-electron chi connectivity index (χ0n) is 12.6. The van der Waals surface area contributed by atoms with Crippen molar-refractivity contribution < 1.29 is 14.7 Å². The Labute approximate surface area is 132 Å². The molecule has 1 atom stereocenters. The number of amides is 1. The van der Waals surface area contributed by atoms with Crippen LogP contribution in [0, 0.1) is 5.92 Å². The topological polar surface area (TPSA) is 101 Å². The summed E-state index contributed by atoms with van der Waals surface area (Å²) < 4.78 is 1.05. The number of hydrogen-bond donors (Lipinski definition) is 2. The molecular formula is C16H17N3O4. The maximum Gasteiger partial charge on any atom is 0.308 e. The maximum absolute atomic E-state index is 12.0. The maximum atomic E-state index is 12.0. The Hall–Kier alpha value is -2.96. The standard InChI is InChI=1S/C16H17N3O4/c1-19-14(20)8-7-13(18-19)15(21)17-10-12(16(22)23)9-11-5-3-2-4-6-11/h2-8,12H,9-10H2,1H3,(H,17,21)(H,22,23). The number of nitrogens with zero attached hydrogens (tertiary/aromatic N) is 2. The van der Waals surface area contributed by atoms with Gasteiger partial charge in [0.05, 0.1) is 5.92 Å². The third kappa shape index (κ3) is 4.50. The molecule has 7 nitrogen and oxygen atoms in total. The predicted octanol–water partition coefficient (Wildman–Crippen LogP) is 0.454. The molecule has 0 aliphatic heterocycles. The van der Waals surface area contributed by atoms with Crippen LogP contribution in [0.25, 0.3) is 0 Å². The molecule has 0 spiro atoms. The average molecular weight is 315 g/mol. The predicted molar refractivity (Wildman–Crippen MR) is 83.1 cm³/mol. The first-order chi connectivity index (χ1) is 11.0. The van der Waals surface area contributed by atoms with Crippen molar-refractivity contribution in [1.82, 2.24) is 15.1 Å². The molecule has 0 fully saturated rings. The summed E-state index contributed by atoms with van der Waals surface area (Å²) in [4.78, 5) is 34.6. The lowest BCUT2D eigenvalue weighted by atomic mass is 9.99. The second-order valence-electron chi connectivity index (χ2n) is 5.12. The van der Waals surface area contributed by atoms with Gasteiger partial charge in [0.1, 0.15) is 5.69 Å². The van der Waals surface area contributed by atoms with E-state index < -0.39 is 17.8 Å². The number of benzene rings is 1. The van der Waals surface area contributed by atoms with Crippen molar-refractivity contribution in [3.8, 4) is 0 Å². The summed E-state index contributed by atoms with van der Waals surface area (Å²) in [6.07, 6.45) is 0.317. The molecule has 0 saturated carbocycles. The largest absolute Gasteiger partial charge is 0.481 e. The van der Waals surface area contributed by atoms with Gasteiger partial charge in [0, 0.05) is 19.7 Å². The molecule has 0 aliphatic rings. The zero-order valence-corrected chi connectivity index (χ0v) is 12.6. The summed E-state index contributed by atoms with van der Waals surface area (Å²) in [5, 5.41) is 15.7. The van der Waals surface area contributed by atoms with E-state index in [2.05, 4.69) is 10.4 Å². The van der Waals surface area contributed by atoms with Gasteiger partial charge in [-0.15, -0.1) is 0 Å². The number of aliphatic carboxylic acids is 1. The van der Waals surface area contributed by atoms with Gasteiger partial charge in [0.25, 0.3) is 11.5 Å². The lowest BCUT2D eigenvalue weighted by Gasteiger charge is -2.13. The molecule has 0 bridgehead atoms. The van der Waals surface area contributed by atoms with Crippen molar-refractivity contribution >= 4 is 11.9 Å². The highest BCUT2D eigenvalue weighted by Gasteiger charge is 2.19. The minimum atomic E-state index is -0.984. The summed E-state index contributed by atoms with van der Waals surface area (Å²) >= 11 is 0. The molecule has 1 unspecified atom stereocenters. The average Bonchev–Trinajstić information content (AvgIpc) is 2.54. The fourth-order valence-electron chi connectivity index (χ4n) is 2.08. The van der Waals surface area contributed by atoms with Gasteiger partial charge < -0.3 is 10.4 Å². The van der Waals surface area contributed by atoms with Crippen LogP contribution in [0.1, 0.15) is 16.1 Å². The minimum Gasteiger partial charge on any atom is -0.481 e. The Bertz CT molecular complexity index is 755. The molecule has 23 heavy (non-hydrogen) atoms. The number of aromatic nitrogens is 2. The first-order valence-corrected chi connectivity index (χ1v) is 7.06.